The molecule has 3 nitrogen and oxygen atoms in total. The van der Waals surface area contributed by atoms with Crippen LogP contribution in [0.15, 0.2) is 0 Å². The van der Waals surface area contributed by atoms with Crippen LogP contribution in [0.4, 0.5) is 0 Å². The first-order chi connectivity index (χ1) is 3.68. The molecular formula is C7H24N3+. The molecule has 0 aromatic rings. The van der Waals surface area contributed by atoms with Gasteiger partial charge >= 0.3 is 0 Å². The van der Waals surface area contributed by atoms with Gasteiger partial charge in [-0.2, -0.15) is 0 Å². The fraction of sp³-hybridized carbons (Fsp3) is 1.00. The van der Waals surface area contributed by atoms with Crippen LogP contribution >= 0.6 is 0 Å². The second-order valence-corrected chi connectivity index (χ2v) is 2.57. The van der Waals surface area contributed by atoms with Crippen molar-refractivity contribution < 1.29 is 4.48 Å². The number of hydrogen-bond acceptors (Lipinski definition) is 2. The van der Waals surface area contributed by atoms with Gasteiger partial charge in [0.1, 0.15) is 0 Å². The second-order valence-electron chi connectivity index (χ2n) is 2.57. The van der Waals surface area contributed by atoms with Crippen LogP contribution in [0.3, 0.4) is 0 Å². The standard InChI is InChI=1S/C7H18N.2H3N/c1-5-8(4,6-2)7-3;;/h5-7H2,1-4H3;2*1H3/q+1;;. The van der Waals surface area contributed by atoms with Crippen molar-refractivity contribution >= 4 is 0 Å². The van der Waals surface area contributed by atoms with Crippen LogP contribution in [0.5, 0.6) is 0 Å². The molecule has 0 unspecified atom stereocenters. The zero-order valence-electron chi connectivity index (χ0n) is 7.98. The average molecular weight is 150 g/mol. The van der Waals surface area contributed by atoms with E-state index in [9.17, 15) is 0 Å². The van der Waals surface area contributed by atoms with Crippen LogP contribution in [0.1, 0.15) is 20.8 Å². The molecule has 0 aromatic carbocycles. The Morgan fingerprint density at radius 3 is 1.00 bits per heavy atom. The number of rotatable bonds is 3. The van der Waals surface area contributed by atoms with E-state index in [0.29, 0.717) is 0 Å². The van der Waals surface area contributed by atoms with Crippen LogP contribution in [-0.4, -0.2) is 31.2 Å². The van der Waals surface area contributed by atoms with E-state index in [-0.39, 0.29) is 12.3 Å². The molecule has 0 saturated carbocycles. The highest BCUT2D eigenvalue weighted by Gasteiger charge is 2.10. The molecule has 0 radical (unpaired) electrons. The Morgan fingerprint density at radius 1 is 0.800 bits per heavy atom. The Kier molecular flexibility index (Phi) is 11.5. The van der Waals surface area contributed by atoms with Gasteiger partial charge in [0.2, 0.25) is 0 Å². The maximum atomic E-state index is 2.29. The molecule has 0 fully saturated rings. The predicted octanol–water partition coefficient (Wildman–Crippen LogP) is 1.82. The highest BCUT2D eigenvalue weighted by molar-refractivity contribution is 4.24. The number of quaternary nitrogens is 1. The van der Waals surface area contributed by atoms with Crippen LogP contribution in [-0.2, 0) is 0 Å². The molecule has 0 rings (SSSR count). The van der Waals surface area contributed by atoms with Crippen molar-refractivity contribution in [3.8, 4) is 0 Å². The topological polar surface area (TPSA) is 70.0 Å². The predicted molar refractivity (Wildman–Crippen MR) is 47.9 cm³/mol. The van der Waals surface area contributed by atoms with E-state index in [2.05, 4.69) is 27.8 Å². The summed E-state index contributed by atoms with van der Waals surface area (Å²) in [6.07, 6.45) is 0. The lowest BCUT2D eigenvalue weighted by atomic mass is 10.4. The van der Waals surface area contributed by atoms with Gasteiger partial charge in [-0.05, 0) is 20.8 Å². The van der Waals surface area contributed by atoms with E-state index in [0.717, 1.165) is 0 Å². The molecule has 0 aromatic heterocycles. The third kappa shape index (κ3) is 4.73. The molecule has 0 spiro atoms. The summed E-state index contributed by atoms with van der Waals surface area (Å²) in [6.45, 7) is 10.5. The van der Waals surface area contributed by atoms with Crippen LogP contribution < -0.4 is 12.3 Å². The van der Waals surface area contributed by atoms with Crippen molar-refractivity contribution in [2.24, 2.45) is 0 Å². The smallest absolute Gasteiger partial charge is 0.0755 e. The molecule has 0 amide bonds. The molecular weight excluding hydrogens is 126 g/mol. The van der Waals surface area contributed by atoms with E-state index in [1.165, 1.54) is 24.1 Å². The minimum Gasteiger partial charge on any atom is -0.344 e. The highest BCUT2D eigenvalue weighted by Crippen LogP contribution is 1.97. The van der Waals surface area contributed by atoms with Gasteiger partial charge in [-0.15, -0.1) is 0 Å². The monoisotopic (exact) mass is 150 g/mol. The van der Waals surface area contributed by atoms with Gasteiger partial charge in [-0.3, -0.25) is 0 Å². The molecule has 0 aliphatic heterocycles. The number of hydrogen-bond donors (Lipinski definition) is 2. The SMILES string of the molecule is CC[N+](C)(CC)CC.N.N. The van der Waals surface area contributed by atoms with E-state index < -0.39 is 0 Å². The fourth-order valence-corrected chi connectivity index (χ4v) is 0.671. The van der Waals surface area contributed by atoms with Crippen molar-refractivity contribution in [2.45, 2.75) is 20.8 Å². The normalized spacial score (nSPS) is 9.60. The second kappa shape index (κ2) is 6.99. The summed E-state index contributed by atoms with van der Waals surface area (Å²) in [7, 11) is 2.29. The average Bonchev–Trinajstić information content (AvgIpc) is 1.87. The highest BCUT2D eigenvalue weighted by atomic mass is 15.3. The molecule has 3 heteroatoms. The Morgan fingerprint density at radius 2 is 1.00 bits per heavy atom. The van der Waals surface area contributed by atoms with Crippen molar-refractivity contribution in [1.82, 2.24) is 12.3 Å². The summed E-state index contributed by atoms with van der Waals surface area (Å²) >= 11 is 0. The lowest BCUT2D eigenvalue weighted by molar-refractivity contribution is -0.904. The summed E-state index contributed by atoms with van der Waals surface area (Å²) in [5.41, 5.74) is 0. The number of nitrogens with zero attached hydrogens (tertiary/aromatic N) is 1. The first-order valence-electron chi connectivity index (χ1n) is 3.52. The Bertz CT molecular complexity index is 51.6. The zero-order valence-corrected chi connectivity index (χ0v) is 7.98. The maximum Gasteiger partial charge on any atom is 0.0755 e. The summed E-state index contributed by atoms with van der Waals surface area (Å²) < 4.78 is 1.21. The van der Waals surface area contributed by atoms with Gasteiger partial charge in [0.15, 0.2) is 0 Å². The van der Waals surface area contributed by atoms with Crippen molar-refractivity contribution in [3.05, 3.63) is 0 Å². The molecule has 0 saturated heterocycles. The van der Waals surface area contributed by atoms with Gasteiger partial charge in [0, 0.05) is 0 Å². The Labute approximate surface area is 65.2 Å². The molecule has 0 atom stereocenters. The van der Waals surface area contributed by atoms with Gasteiger partial charge in [-0.25, -0.2) is 0 Å². The summed E-state index contributed by atoms with van der Waals surface area (Å²) in [5.74, 6) is 0. The zero-order chi connectivity index (χ0) is 6.62. The summed E-state index contributed by atoms with van der Waals surface area (Å²) in [6, 6.07) is 0. The largest absolute Gasteiger partial charge is 0.344 e. The van der Waals surface area contributed by atoms with E-state index in [1.54, 1.807) is 0 Å². The van der Waals surface area contributed by atoms with Crippen LogP contribution in [0, 0.1) is 0 Å². The van der Waals surface area contributed by atoms with Gasteiger partial charge in [0.05, 0.1) is 26.7 Å². The fourth-order valence-electron chi connectivity index (χ4n) is 0.671. The van der Waals surface area contributed by atoms with Gasteiger partial charge < -0.3 is 16.8 Å². The first-order valence-corrected chi connectivity index (χ1v) is 3.52. The minimum atomic E-state index is 0. The van der Waals surface area contributed by atoms with Gasteiger partial charge in [-0.1, -0.05) is 0 Å². The first kappa shape index (κ1) is 16.5. The lowest BCUT2D eigenvalue weighted by Crippen LogP contribution is -2.42. The quantitative estimate of drug-likeness (QED) is 0.602. The van der Waals surface area contributed by atoms with E-state index >= 15 is 0 Å². The van der Waals surface area contributed by atoms with Gasteiger partial charge in [0.25, 0.3) is 0 Å². The minimum absolute atomic E-state index is 0. The van der Waals surface area contributed by atoms with Crippen LogP contribution in [0.2, 0.25) is 0 Å². The van der Waals surface area contributed by atoms with Crippen molar-refractivity contribution in [1.29, 1.82) is 0 Å². The molecule has 0 aliphatic carbocycles. The molecule has 0 aliphatic rings. The molecule has 10 heavy (non-hydrogen) atoms. The molecule has 6 N–H and O–H groups in total. The van der Waals surface area contributed by atoms with E-state index in [4.69, 9.17) is 0 Å². The molecule has 66 valence electrons. The molecule has 0 heterocycles. The Balaban J connectivity index is -0.000000245. The Hall–Kier alpha value is -0.120. The summed E-state index contributed by atoms with van der Waals surface area (Å²) in [4.78, 5) is 0. The lowest BCUT2D eigenvalue weighted by Gasteiger charge is -2.30. The van der Waals surface area contributed by atoms with Crippen LogP contribution in [0.25, 0.3) is 0 Å². The third-order valence-electron chi connectivity index (χ3n) is 2.29. The van der Waals surface area contributed by atoms with E-state index in [1.807, 2.05) is 0 Å². The summed E-state index contributed by atoms with van der Waals surface area (Å²) in [5, 5.41) is 0. The van der Waals surface area contributed by atoms with Crippen molar-refractivity contribution in [2.75, 3.05) is 26.7 Å². The maximum absolute atomic E-state index is 2.29. The molecule has 0 bridgehead atoms. The van der Waals surface area contributed by atoms with Crippen molar-refractivity contribution in [3.63, 3.8) is 0 Å². The third-order valence-corrected chi connectivity index (χ3v) is 2.29.